The lowest BCUT2D eigenvalue weighted by molar-refractivity contribution is -0.147. The fourth-order valence-corrected chi connectivity index (χ4v) is 2.96. The number of para-hydroxylation sites is 1. The van der Waals surface area contributed by atoms with Crippen molar-refractivity contribution < 1.29 is 18.7 Å². The number of hydrogen-bond donors (Lipinski definition) is 1. The summed E-state index contributed by atoms with van der Waals surface area (Å²) in [5, 5.41) is 3.33. The third-order valence-electron chi connectivity index (χ3n) is 3.85. The first-order valence-corrected chi connectivity index (χ1v) is 8.11. The lowest BCUT2D eigenvalue weighted by Gasteiger charge is -2.19. The number of halogens is 2. The van der Waals surface area contributed by atoms with Crippen LogP contribution in [-0.2, 0) is 16.1 Å². The van der Waals surface area contributed by atoms with E-state index in [1.807, 2.05) is 12.1 Å². The molecule has 2 aromatic carbocycles. The fourth-order valence-electron chi connectivity index (χ4n) is 2.80. The second kappa shape index (κ2) is 7.20. The van der Waals surface area contributed by atoms with E-state index in [1.165, 1.54) is 12.1 Å². The first kappa shape index (κ1) is 16.7. The maximum Gasteiger partial charge on any atom is 0.363 e. The Morgan fingerprint density at radius 3 is 2.92 bits per heavy atom. The van der Waals surface area contributed by atoms with Gasteiger partial charge in [0.05, 0.1) is 12.6 Å². The van der Waals surface area contributed by atoms with Gasteiger partial charge >= 0.3 is 5.97 Å². The van der Waals surface area contributed by atoms with Crippen molar-refractivity contribution in [3.63, 3.8) is 0 Å². The molecular formula is C18H17ClFNO3. The summed E-state index contributed by atoms with van der Waals surface area (Å²) in [6.07, 6.45) is 0. The average Bonchev–Trinajstić information content (AvgIpc) is 2.98. The van der Waals surface area contributed by atoms with Crippen LogP contribution in [0.15, 0.2) is 42.5 Å². The molecule has 0 aliphatic carbocycles. The molecule has 24 heavy (non-hydrogen) atoms. The zero-order valence-electron chi connectivity index (χ0n) is 13.1. The first-order chi connectivity index (χ1) is 11.6. The Balaban J connectivity index is 1.87. The van der Waals surface area contributed by atoms with E-state index >= 15 is 0 Å². The van der Waals surface area contributed by atoms with Gasteiger partial charge in [0.1, 0.15) is 11.6 Å². The van der Waals surface area contributed by atoms with E-state index in [0.717, 1.165) is 16.7 Å². The number of carbonyl (C=O) groups is 1. The van der Waals surface area contributed by atoms with Gasteiger partial charge < -0.3 is 14.8 Å². The third-order valence-corrected chi connectivity index (χ3v) is 4.11. The third kappa shape index (κ3) is 3.37. The van der Waals surface area contributed by atoms with Crippen molar-refractivity contribution in [3.05, 3.63) is 65.0 Å². The maximum atomic E-state index is 13.4. The number of alkyl halides is 1. The van der Waals surface area contributed by atoms with E-state index in [-0.39, 0.29) is 18.5 Å². The standard InChI is InChI=1S/C18H17ClFNO3/c1-2-23-18(22)17(19)24-15-6-4-3-5-14(15)16-13-8-7-12(20)9-11(13)10-21-16/h3-9,16-17,21H,2,10H2,1H3. The minimum absolute atomic E-state index is 0.150. The molecular weight excluding hydrogens is 333 g/mol. The van der Waals surface area contributed by atoms with Crippen LogP contribution >= 0.6 is 11.6 Å². The van der Waals surface area contributed by atoms with Crippen LogP contribution in [-0.4, -0.2) is 18.1 Å². The predicted octanol–water partition coefficient (Wildman–Crippen LogP) is 3.53. The van der Waals surface area contributed by atoms with E-state index in [9.17, 15) is 9.18 Å². The minimum Gasteiger partial charge on any atom is -0.463 e. The van der Waals surface area contributed by atoms with Gasteiger partial charge in [0.15, 0.2) is 0 Å². The number of hydrogen-bond acceptors (Lipinski definition) is 4. The van der Waals surface area contributed by atoms with Gasteiger partial charge in [-0.25, -0.2) is 9.18 Å². The van der Waals surface area contributed by atoms with Gasteiger partial charge in [-0.1, -0.05) is 35.9 Å². The summed E-state index contributed by atoms with van der Waals surface area (Å²) in [6, 6.07) is 11.9. The number of benzene rings is 2. The van der Waals surface area contributed by atoms with Crippen molar-refractivity contribution in [2.45, 2.75) is 25.1 Å². The van der Waals surface area contributed by atoms with Gasteiger partial charge in [0, 0.05) is 12.1 Å². The molecule has 0 saturated carbocycles. The molecule has 2 aromatic rings. The van der Waals surface area contributed by atoms with Gasteiger partial charge in [-0.3, -0.25) is 0 Å². The molecule has 1 aliphatic heterocycles. The van der Waals surface area contributed by atoms with Crippen molar-refractivity contribution in [2.75, 3.05) is 6.61 Å². The van der Waals surface area contributed by atoms with Crippen LogP contribution in [0.1, 0.15) is 29.7 Å². The molecule has 0 spiro atoms. The van der Waals surface area contributed by atoms with E-state index in [1.54, 1.807) is 25.1 Å². The Hall–Kier alpha value is -2.11. The largest absolute Gasteiger partial charge is 0.463 e. The molecule has 0 radical (unpaired) electrons. The molecule has 2 atom stereocenters. The highest BCUT2D eigenvalue weighted by atomic mass is 35.5. The topological polar surface area (TPSA) is 47.6 Å². The molecule has 0 aromatic heterocycles. The van der Waals surface area contributed by atoms with Crippen LogP contribution in [0.3, 0.4) is 0 Å². The Morgan fingerprint density at radius 1 is 1.33 bits per heavy atom. The van der Waals surface area contributed by atoms with Crippen LogP contribution in [0, 0.1) is 5.82 Å². The summed E-state index contributed by atoms with van der Waals surface area (Å²) in [5.74, 6) is -0.403. The van der Waals surface area contributed by atoms with E-state index in [2.05, 4.69) is 5.32 Å². The Morgan fingerprint density at radius 2 is 2.12 bits per heavy atom. The second-order valence-electron chi connectivity index (χ2n) is 5.38. The summed E-state index contributed by atoms with van der Waals surface area (Å²) >= 11 is 5.98. The molecule has 0 bridgehead atoms. The number of ether oxygens (including phenoxy) is 2. The maximum absolute atomic E-state index is 13.4. The van der Waals surface area contributed by atoms with Crippen molar-refractivity contribution in [3.8, 4) is 5.75 Å². The highest BCUT2D eigenvalue weighted by Gasteiger charge is 2.28. The quantitative estimate of drug-likeness (QED) is 0.662. The zero-order valence-corrected chi connectivity index (χ0v) is 13.8. The van der Waals surface area contributed by atoms with Crippen molar-refractivity contribution in [2.24, 2.45) is 0 Å². The van der Waals surface area contributed by atoms with E-state index in [0.29, 0.717) is 12.3 Å². The smallest absolute Gasteiger partial charge is 0.363 e. The molecule has 6 heteroatoms. The van der Waals surface area contributed by atoms with E-state index in [4.69, 9.17) is 21.1 Å². The number of nitrogens with one attached hydrogen (secondary N) is 1. The molecule has 1 heterocycles. The Kier molecular flexibility index (Phi) is 5.02. The van der Waals surface area contributed by atoms with Crippen molar-refractivity contribution in [1.29, 1.82) is 0 Å². The van der Waals surface area contributed by atoms with Gasteiger partial charge in [-0.05, 0) is 36.2 Å². The first-order valence-electron chi connectivity index (χ1n) is 7.68. The van der Waals surface area contributed by atoms with Gasteiger partial charge in [0.2, 0.25) is 0 Å². The lowest BCUT2D eigenvalue weighted by Crippen LogP contribution is -2.25. The molecule has 4 nitrogen and oxygen atoms in total. The molecule has 0 fully saturated rings. The SMILES string of the molecule is CCOC(=O)C(Cl)Oc1ccccc1C1NCc2cc(F)ccc21. The molecule has 3 rings (SSSR count). The highest BCUT2D eigenvalue weighted by Crippen LogP contribution is 2.36. The molecule has 1 aliphatic rings. The number of fused-ring (bicyclic) bond motifs is 1. The molecule has 2 unspecified atom stereocenters. The Labute approximate surface area is 144 Å². The average molecular weight is 350 g/mol. The second-order valence-corrected chi connectivity index (χ2v) is 5.78. The predicted molar refractivity (Wildman–Crippen MR) is 88.4 cm³/mol. The zero-order chi connectivity index (χ0) is 17.1. The van der Waals surface area contributed by atoms with Gasteiger partial charge in [0.25, 0.3) is 5.56 Å². The number of esters is 1. The lowest BCUT2D eigenvalue weighted by atomic mass is 9.98. The summed E-state index contributed by atoms with van der Waals surface area (Å²) < 4.78 is 23.8. The Bertz CT molecular complexity index is 753. The molecule has 1 N–H and O–H groups in total. The van der Waals surface area contributed by atoms with Crippen LogP contribution < -0.4 is 10.1 Å². The summed E-state index contributed by atoms with van der Waals surface area (Å²) in [4.78, 5) is 11.7. The summed E-state index contributed by atoms with van der Waals surface area (Å²) in [5.41, 5.74) is 1.50. The number of rotatable bonds is 5. The van der Waals surface area contributed by atoms with Crippen molar-refractivity contribution in [1.82, 2.24) is 5.32 Å². The van der Waals surface area contributed by atoms with Crippen LogP contribution in [0.2, 0.25) is 0 Å². The van der Waals surface area contributed by atoms with Gasteiger partial charge in [-0.2, -0.15) is 0 Å². The number of carbonyl (C=O) groups excluding carboxylic acids is 1. The molecule has 0 amide bonds. The van der Waals surface area contributed by atoms with E-state index < -0.39 is 11.5 Å². The summed E-state index contributed by atoms with van der Waals surface area (Å²) in [7, 11) is 0. The van der Waals surface area contributed by atoms with Crippen LogP contribution in [0.4, 0.5) is 4.39 Å². The summed E-state index contributed by atoms with van der Waals surface area (Å²) in [6.45, 7) is 2.50. The monoisotopic (exact) mass is 349 g/mol. The highest BCUT2D eigenvalue weighted by molar-refractivity contribution is 6.28. The van der Waals surface area contributed by atoms with Gasteiger partial charge in [-0.15, -0.1) is 0 Å². The van der Waals surface area contributed by atoms with Crippen LogP contribution in [0.25, 0.3) is 0 Å². The van der Waals surface area contributed by atoms with Crippen molar-refractivity contribution >= 4 is 17.6 Å². The van der Waals surface area contributed by atoms with Crippen LogP contribution in [0.5, 0.6) is 5.75 Å². The minimum atomic E-state index is -1.22. The molecule has 126 valence electrons. The molecule has 0 saturated heterocycles. The normalized spacial score (nSPS) is 17.2. The fraction of sp³-hybridized carbons (Fsp3) is 0.278.